The number of hydrogen-bond donors (Lipinski definition) is 3. The monoisotopic (exact) mass is 317 g/mol. The van der Waals surface area contributed by atoms with E-state index in [1.807, 2.05) is 30.3 Å². The summed E-state index contributed by atoms with van der Waals surface area (Å²) in [7, 11) is 1.56. The molecule has 1 aliphatic carbocycles. The number of hydrogen-bond acceptors (Lipinski definition) is 3. The third-order valence-corrected chi connectivity index (χ3v) is 4.58. The number of rotatable bonds is 6. The molecular formula is C18H27N3O2. The van der Waals surface area contributed by atoms with E-state index in [0.29, 0.717) is 12.3 Å². The highest BCUT2D eigenvalue weighted by atomic mass is 16.2. The van der Waals surface area contributed by atoms with Gasteiger partial charge >= 0.3 is 0 Å². The van der Waals surface area contributed by atoms with Crippen LogP contribution in [0, 0.1) is 5.92 Å². The lowest BCUT2D eigenvalue weighted by Gasteiger charge is -2.25. The van der Waals surface area contributed by atoms with Gasteiger partial charge in [0.05, 0.1) is 6.04 Å². The molecule has 0 aliphatic heterocycles. The van der Waals surface area contributed by atoms with E-state index >= 15 is 0 Å². The fourth-order valence-electron chi connectivity index (χ4n) is 3.23. The highest BCUT2D eigenvalue weighted by Gasteiger charge is 2.26. The van der Waals surface area contributed by atoms with Crippen LogP contribution < -0.4 is 16.4 Å². The van der Waals surface area contributed by atoms with Gasteiger partial charge in [-0.05, 0) is 17.9 Å². The molecule has 0 saturated heterocycles. The van der Waals surface area contributed by atoms with Crippen LogP contribution in [-0.2, 0) is 9.59 Å². The van der Waals surface area contributed by atoms with Crippen LogP contribution in [0.15, 0.2) is 30.3 Å². The predicted molar refractivity (Wildman–Crippen MR) is 90.6 cm³/mol. The number of amides is 2. The van der Waals surface area contributed by atoms with Crippen molar-refractivity contribution in [1.82, 2.24) is 10.6 Å². The van der Waals surface area contributed by atoms with Gasteiger partial charge in [0.1, 0.15) is 6.04 Å². The first-order chi connectivity index (χ1) is 11.1. The van der Waals surface area contributed by atoms with Crippen LogP contribution in [-0.4, -0.2) is 24.9 Å². The molecule has 0 bridgehead atoms. The van der Waals surface area contributed by atoms with E-state index in [0.717, 1.165) is 18.4 Å². The van der Waals surface area contributed by atoms with Gasteiger partial charge in [-0.3, -0.25) is 9.59 Å². The number of benzene rings is 1. The Balaban J connectivity index is 1.97. The lowest BCUT2D eigenvalue weighted by atomic mass is 9.85. The standard InChI is InChI=1S/C18H27N3O2/c1-20-18(23)16(14-10-6-3-7-11-14)21-17(22)15(19)12-13-8-4-2-5-9-13/h3,6-7,10-11,13,15-16H,2,4-5,8-9,12,19H2,1H3,(H,20,23)(H,21,22)/t15-,16?/m1/s1. The van der Waals surface area contributed by atoms with Crippen LogP contribution in [0.4, 0.5) is 0 Å². The first-order valence-electron chi connectivity index (χ1n) is 8.44. The normalized spacial score (nSPS) is 18.0. The molecule has 126 valence electrons. The zero-order valence-electron chi connectivity index (χ0n) is 13.8. The molecule has 1 saturated carbocycles. The lowest BCUT2D eigenvalue weighted by molar-refractivity contribution is -0.129. The SMILES string of the molecule is CNC(=O)C(NC(=O)[C@H](N)CC1CCCCC1)c1ccccc1. The van der Waals surface area contributed by atoms with Gasteiger partial charge in [0.15, 0.2) is 0 Å². The van der Waals surface area contributed by atoms with Crippen LogP contribution in [0.5, 0.6) is 0 Å². The minimum Gasteiger partial charge on any atom is -0.357 e. The summed E-state index contributed by atoms with van der Waals surface area (Å²) >= 11 is 0. The minimum absolute atomic E-state index is 0.241. The predicted octanol–water partition coefficient (Wildman–Crippen LogP) is 1.89. The van der Waals surface area contributed by atoms with Crippen molar-refractivity contribution < 1.29 is 9.59 Å². The van der Waals surface area contributed by atoms with Gasteiger partial charge < -0.3 is 16.4 Å². The summed E-state index contributed by atoms with van der Waals surface area (Å²) in [6, 6.07) is 7.96. The fraction of sp³-hybridized carbons (Fsp3) is 0.556. The summed E-state index contributed by atoms with van der Waals surface area (Å²) in [6.45, 7) is 0. The zero-order chi connectivity index (χ0) is 16.7. The lowest BCUT2D eigenvalue weighted by Crippen LogP contribution is -2.47. The van der Waals surface area contributed by atoms with Crippen molar-refractivity contribution in [2.24, 2.45) is 11.7 Å². The number of carbonyl (C=O) groups excluding carboxylic acids is 2. The van der Waals surface area contributed by atoms with Crippen molar-refractivity contribution in [3.8, 4) is 0 Å². The largest absolute Gasteiger partial charge is 0.357 e. The second-order valence-corrected chi connectivity index (χ2v) is 6.31. The molecule has 5 nitrogen and oxygen atoms in total. The summed E-state index contributed by atoms with van der Waals surface area (Å²) in [5.41, 5.74) is 6.83. The first-order valence-corrected chi connectivity index (χ1v) is 8.44. The molecule has 0 spiro atoms. The third-order valence-electron chi connectivity index (χ3n) is 4.58. The van der Waals surface area contributed by atoms with E-state index in [4.69, 9.17) is 5.73 Å². The Hall–Kier alpha value is -1.88. The summed E-state index contributed by atoms with van der Waals surface area (Å²) in [5, 5.41) is 5.39. The molecule has 1 aliphatic rings. The molecule has 2 rings (SSSR count). The summed E-state index contributed by atoms with van der Waals surface area (Å²) < 4.78 is 0. The molecule has 1 aromatic rings. The highest BCUT2D eigenvalue weighted by Crippen LogP contribution is 2.27. The second kappa shape index (κ2) is 8.67. The Morgan fingerprint density at radius 3 is 2.39 bits per heavy atom. The van der Waals surface area contributed by atoms with Crippen molar-refractivity contribution in [1.29, 1.82) is 0 Å². The van der Waals surface area contributed by atoms with E-state index in [1.165, 1.54) is 19.3 Å². The molecule has 0 heterocycles. The quantitative estimate of drug-likeness (QED) is 0.749. The van der Waals surface area contributed by atoms with Crippen LogP contribution >= 0.6 is 0 Å². The third kappa shape index (κ3) is 5.06. The van der Waals surface area contributed by atoms with Gasteiger partial charge in [-0.2, -0.15) is 0 Å². The smallest absolute Gasteiger partial charge is 0.246 e. The molecule has 5 heteroatoms. The molecule has 1 fully saturated rings. The van der Waals surface area contributed by atoms with E-state index < -0.39 is 12.1 Å². The topological polar surface area (TPSA) is 84.2 Å². The van der Waals surface area contributed by atoms with Crippen molar-refractivity contribution >= 4 is 11.8 Å². The van der Waals surface area contributed by atoms with Crippen molar-refractivity contribution in [2.45, 2.75) is 50.6 Å². The molecule has 2 atom stereocenters. The average Bonchev–Trinajstić information content (AvgIpc) is 2.60. The van der Waals surface area contributed by atoms with Gasteiger partial charge in [0.25, 0.3) is 0 Å². The van der Waals surface area contributed by atoms with Gasteiger partial charge in [-0.15, -0.1) is 0 Å². The maximum Gasteiger partial charge on any atom is 0.246 e. The summed E-state index contributed by atoms with van der Waals surface area (Å²) in [6.07, 6.45) is 6.73. The number of nitrogens with one attached hydrogen (secondary N) is 2. The second-order valence-electron chi connectivity index (χ2n) is 6.31. The van der Waals surface area contributed by atoms with Gasteiger partial charge in [-0.25, -0.2) is 0 Å². The molecule has 4 N–H and O–H groups in total. The highest BCUT2D eigenvalue weighted by molar-refractivity contribution is 5.90. The Morgan fingerprint density at radius 2 is 1.78 bits per heavy atom. The minimum atomic E-state index is -0.703. The van der Waals surface area contributed by atoms with Crippen LogP contribution in [0.3, 0.4) is 0 Å². The fourth-order valence-corrected chi connectivity index (χ4v) is 3.23. The van der Waals surface area contributed by atoms with E-state index in [9.17, 15) is 9.59 Å². The maximum absolute atomic E-state index is 12.4. The van der Waals surface area contributed by atoms with Crippen LogP contribution in [0.1, 0.15) is 50.1 Å². The van der Waals surface area contributed by atoms with Crippen molar-refractivity contribution in [3.05, 3.63) is 35.9 Å². The van der Waals surface area contributed by atoms with Gasteiger partial charge in [-0.1, -0.05) is 62.4 Å². The Bertz CT molecular complexity index is 512. The zero-order valence-corrected chi connectivity index (χ0v) is 13.8. The first kappa shape index (κ1) is 17.5. The van der Waals surface area contributed by atoms with Crippen LogP contribution in [0.2, 0.25) is 0 Å². The molecule has 0 aromatic heterocycles. The van der Waals surface area contributed by atoms with Crippen molar-refractivity contribution in [2.75, 3.05) is 7.05 Å². The molecule has 23 heavy (non-hydrogen) atoms. The molecule has 0 radical (unpaired) electrons. The number of carbonyl (C=O) groups is 2. The van der Waals surface area contributed by atoms with Gasteiger partial charge in [0, 0.05) is 7.05 Å². The number of likely N-dealkylation sites (N-methyl/N-ethyl adjacent to an activating group) is 1. The van der Waals surface area contributed by atoms with E-state index in [-0.39, 0.29) is 11.8 Å². The molecule has 1 unspecified atom stereocenters. The molecule has 2 amide bonds. The summed E-state index contributed by atoms with van der Waals surface area (Å²) in [4.78, 5) is 24.5. The number of nitrogens with two attached hydrogens (primary N) is 1. The van der Waals surface area contributed by atoms with Crippen molar-refractivity contribution in [3.63, 3.8) is 0 Å². The molecule has 1 aromatic carbocycles. The van der Waals surface area contributed by atoms with Gasteiger partial charge in [0.2, 0.25) is 11.8 Å². The summed E-state index contributed by atoms with van der Waals surface area (Å²) in [5.74, 6) is 0.0297. The van der Waals surface area contributed by atoms with E-state index in [1.54, 1.807) is 7.05 Å². The Kier molecular flexibility index (Phi) is 6.59. The van der Waals surface area contributed by atoms with Crippen LogP contribution in [0.25, 0.3) is 0 Å². The van der Waals surface area contributed by atoms with E-state index in [2.05, 4.69) is 10.6 Å². The molecular weight excluding hydrogens is 290 g/mol. The average molecular weight is 317 g/mol. The Morgan fingerprint density at radius 1 is 1.13 bits per heavy atom. The Labute approximate surface area is 138 Å². The maximum atomic E-state index is 12.4.